The molecule has 0 radical (unpaired) electrons. The van der Waals surface area contributed by atoms with Crippen LogP contribution in [0.2, 0.25) is 5.02 Å². The van der Waals surface area contributed by atoms with E-state index in [1.54, 1.807) is 26.0 Å². The fourth-order valence-electron chi connectivity index (χ4n) is 3.06. The van der Waals surface area contributed by atoms with Crippen molar-refractivity contribution in [2.45, 2.75) is 25.7 Å². The number of amides is 1. The molecule has 0 aliphatic carbocycles. The van der Waals surface area contributed by atoms with E-state index in [9.17, 15) is 21.6 Å². The van der Waals surface area contributed by atoms with Crippen molar-refractivity contribution in [3.8, 4) is 5.75 Å². The highest BCUT2D eigenvalue weighted by Gasteiger charge is 2.42. The normalized spacial score (nSPS) is 18.5. The van der Waals surface area contributed by atoms with Gasteiger partial charge in [-0.15, -0.1) is 0 Å². The first kappa shape index (κ1) is 22.4. The Morgan fingerprint density at radius 2 is 1.93 bits per heavy atom. The second kappa shape index (κ2) is 8.09. The molecule has 3 rings (SSSR count). The molecule has 1 N–H and O–H groups in total. The number of halogens is 1. The molecule has 1 saturated heterocycles. The number of aryl methyl sites for hydroxylation is 1. The van der Waals surface area contributed by atoms with E-state index in [1.807, 2.05) is 0 Å². The number of hydrogen-bond donors (Lipinski definition) is 1. The van der Waals surface area contributed by atoms with Gasteiger partial charge in [-0.3, -0.25) is 9.52 Å². The lowest BCUT2D eigenvalue weighted by Crippen LogP contribution is -2.30. The van der Waals surface area contributed by atoms with Crippen LogP contribution in [-0.2, 0) is 24.8 Å². The van der Waals surface area contributed by atoms with E-state index < -0.39 is 31.9 Å². The van der Waals surface area contributed by atoms with E-state index in [0.29, 0.717) is 9.33 Å². The second-order valence-electron chi connectivity index (χ2n) is 6.92. The van der Waals surface area contributed by atoms with Gasteiger partial charge in [0.2, 0.25) is 15.9 Å². The number of anilines is 2. The van der Waals surface area contributed by atoms with Gasteiger partial charge in [-0.2, -0.15) is 0 Å². The minimum Gasteiger partial charge on any atom is -0.492 e. The maximum absolute atomic E-state index is 13.1. The van der Waals surface area contributed by atoms with Crippen LogP contribution in [0.3, 0.4) is 0 Å². The molecule has 1 amide bonds. The van der Waals surface area contributed by atoms with Gasteiger partial charge in [-0.1, -0.05) is 24.6 Å². The van der Waals surface area contributed by atoms with Crippen LogP contribution < -0.4 is 13.8 Å². The lowest BCUT2D eigenvalue weighted by atomic mass is 10.2. The SMILES string of the molecule is CCOc1ccc(N2C(=O)C(C)CS2(=O)=O)cc1S(=O)(=O)Nc1ccc(C)c(Cl)c1. The molecule has 0 spiro atoms. The van der Waals surface area contributed by atoms with Gasteiger partial charge in [0.05, 0.1) is 29.7 Å². The number of sulfonamides is 2. The number of carbonyl (C=O) groups excluding carboxylic acids is 1. The van der Waals surface area contributed by atoms with E-state index in [2.05, 4.69) is 4.72 Å². The van der Waals surface area contributed by atoms with Crippen LogP contribution >= 0.6 is 11.6 Å². The fourth-order valence-corrected chi connectivity index (χ4v) is 6.27. The van der Waals surface area contributed by atoms with Crippen molar-refractivity contribution in [2.75, 3.05) is 21.4 Å². The monoisotopic (exact) mass is 472 g/mol. The predicted molar refractivity (Wildman–Crippen MR) is 115 cm³/mol. The summed E-state index contributed by atoms with van der Waals surface area (Å²) >= 11 is 6.07. The van der Waals surface area contributed by atoms with Crippen LogP contribution in [0.15, 0.2) is 41.3 Å². The topological polar surface area (TPSA) is 110 Å². The quantitative estimate of drug-likeness (QED) is 0.691. The first-order valence-corrected chi connectivity index (χ1v) is 12.6. The Morgan fingerprint density at radius 1 is 1.23 bits per heavy atom. The van der Waals surface area contributed by atoms with Gasteiger partial charge < -0.3 is 4.74 Å². The van der Waals surface area contributed by atoms with Gasteiger partial charge in [0.15, 0.2) is 0 Å². The van der Waals surface area contributed by atoms with Crippen molar-refractivity contribution >= 4 is 48.9 Å². The molecular formula is C19H21ClN2O6S2. The van der Waals surface area contributed by atoms with Crippen LogP contribution in [-0.4, -0.2) is 35.1 Å². The third kappa shape index (κ3) is 4.26. The molecule has 162 valence electrons. The third-order valence-corrected chi connectivity index (χ3v) is 8.21. The standard InChI is InChI=1S/C19H21ClN2O6S2/c1-4-28-17-8-7-15(22-19(23)13(3)11-29(22,24)25)10-18(17)30(26,27)21-14-6-5-12(2)16(20)9-14/h5-10,13,21H,4,11H2,1-3H3. The summed E-state index contributed by atoms with van der Waals surface area (Å²) in [5.74, 6) is -1.62. The van der Waals surface area contributed by atoms with Gasteiger partial charge in [-0.05, 0) is 49.7 Å². The summed E-state index contributed by atoms with van der Waals surface area (Å²) < 4.78 is 59.5. The number of nitrogens with one attached hydrogen (secondary N) is 1. The summed E-state index contributed by atoms with van der Waals surface area (Å²) in [5, 5.41) is 0.386. The molecule has 1 heterocycles. The van der Waals surface area contributed by atoms with Gasteiger partial charge in [0, 0.05) is 5.02 Å². The van der Waals surface area contributed by atoms with E-state index >= 15 is 0 Å². The van der Waals surface area contributed by atoms with Gasteiger partial charge in [0.25, 0.3) is 10.0 Å². The minimum absolute atomic E-state index is 0.0315. The molecule has 1 fully saturated rings. The van der Waals surface area contributed by atoms with Crippen LogP contribution in [0.4, 0.5) is 11.4 Å². The molecule has 8 nitrogen and oxygen atoms in total. The molecule has 1 atom stereocenters. The summed E-state index contributed by atoms with van der Waals surface area (Å²) in [6.45, 7) is 5.17. The molecule has 2 aromatic carbocycles. The lowest BCUT2D eigenvalue weighted by molar-refractivity contribution is -0.119. The predicted octanol–water partition coefficient (Wildman–Crippen LogP) is 3.16. The summed E-state index contributed by atoms with van der Waals surface area (Å²) in [7, 11) is -8.07. The van der Waals surface area contributed by atoms with Crippen molar-refractivity contribution in [3.05, 3.63) is 47.0 Å². The first-order chi connectivity index (χ1) is 14.0. The van der Waals surface area contributed by atoms with Gasteiger partial charge >= 0.3 is 0 Å². The maximum atomic E-state index is 13.1. The Balaban J connectivity index is 2.09. The van der Waals surface area contributed by atoms with Crippen LogP contribution in [0.25, 0.3) is 0 Å². The van der Waals surface area contributed by atoms with Crippen molar-refractivity contribution < 1.29 is 26.4 Å². The molecule has 2 aromatic rings. The molecule has 11 heteroatoms. The number of hydrogen-bond acceptors (Lipinski definition) is 6. The van der Waals surface area contributed by atoms with Crippen LogP contribution in [0.1, 0.15) is 19.4 Å². The zero-order chi connectivity index (χ0) is 22.3. The summed E-state index contributed by atoms with van der Waals surface area (Å²) in [6.07, 6.45) is 0. The number of nitrogens with zero attached hydrogens (tertiary/aromatic N) is 1. The van der Waals surface area contributed by atoms with Crippen molar-refractivity contribution in [3.63, 3.8) is 0 Å². The minimum atomic E-state index is -4.18. The molecule has 1 unspecified atom stereocenters. The Bertz CT molecular complexity index is 1210. The van der Waals surface area contributed by atoms with Crippen LogP contribution in [0, 0.1) is 12.8 Å². The van der Waals surface area contributed by atoms with E-state index in [1.165, 1.54) is 25.1 Å². The van der Waals surface area contributed by atoms with Gasteiger partial charge in [0.1, 0.15) is 10.6 Å². The fraction of sp³-hybridized carbons (Fsp3) is 0.316. The summed E-state index contributed by atoms with van der Waals surface area (Å²) in [6, 6.07) is 8.49. The molecule has 1 aliphatic rings. The Labute approximate surface area is 180 Å². The third-order valence-electron chi connectivity index (χ3n) is 4.54. The number of ether oxygens (including phenoxy) is 1. The first-order valence-electron chi connectivity index (χ1n) is 9.09. The van der Waals surface area contributed by atoms with Gasteiger partial charge in [-0.25, -0.2) is 21.1 Å². The molecule has 0 bridgehead atoms. The van der Waals surface area contributed by atoms with Crippen molar-refractivity contribution in [2.24, 2.45) is 5.92 Å². The van der Waals surface area contributed by atoms with E-state index in [-0.39, 0.29) is 34.4 Å². The average molecular weight is 473 g/mol. The van der Waals surface area contributed by atoms with E-state index in [0.717, 1.165) is 11.6 Å². The summed E-state index contributed by atoms with van der Waals surface area (Å²) in [4.78, 5) is 12.1. The number of carbonyl (C=O) groups is 1. The number of benzene rings is 2. The number of rotatable bonds is 6. The zero-order valence-corrected chi connectivity index (χ0v) is 18.9. The van der Waals surface area contributed by atoms with Crippen molar-refractivity contribution in [1.29, 1.82) is 0 Å². The highest BCUT2D eigenvalue weighted by molar-refractivity contribution is 7.94. The Hall–Kier alpha value is -2.30. The van der Waals surface area contributed by atoms with Crippen LogP contribution in [0.5, 0.6) is 5.75 Å². The second-order valence-corrected chi connectivity index (χ2v) is 10.8. The molecule has 30 heavy (non-hydrogen) atoms. The Kier molecular flexibility index (Phi) is 6.03. The van der Waals surface area contributed by atoms with Crippen molar-refractivity contribution in [1.82, 2.24) is 0 Å². The summed E-state index contributed by atoms with van der Waals surface area (Å²) in [5.41, 5.74) is 0.954. The lowest BCUT2D eigenvalue weighted by Gasteiger charge is -2.19. The van der Waals surface area contributed by atoms with E-state index in [4.69, 9.17) is 16.3 Å². The largest absolute Gasteiger partial charge is 0.492 e. The smallest absolute Gasteiger partial charge is 0.265 e. The molecular weight excluding hydrogens is 452 g/mol. The average Bonchev–Trinajstić information content (AvgIpc) is 2.85. The molecule has 0 saturated carbocycles. The Morgan fingerprint density at radius 3 is 2.50 bits per heavy atom. The zero-order valence-electron chi connectivity index (χ0n) is 16.5. The maximum Gasteiger partial charge on any atom is 0.265 e. The molecule has 0 aromatic heterocycles. The highest BCUT2D eigenvalue weighted by atomic mass is 35.5. The molecule has 1 aliphatic heterocycles. The highest BCUT2D eigenvalue weighted by Crippen LogP contribution is 2.35.